The molecule has 35 heavy (non-hydrogen) atoms. The molecule has 6 nitrogen and oxygen atoms in total. The second-order valence-electron chi connectivity index (χ2n) is 12.8. The van der Waals surface area contributed by atoms with Gasteiger partial charge in [-0.25, -0.2) is 4.79 Å². The first-order valence-corrected chi connectivity index (χ1v) is 13.7. The third-order valence-electron chi connectivity index (χ3n) is 10.8. The first kappa shape index (κ1) is 28.4. The normalized spacial score (nSPS) is 41.0. The zero-order chi connectivity index (χ0) is 24.8. The Morgan fingerprint density at radius 3 is 2.26 bits per heavy atom. The summed E-state index contributed by atoms with van der Waals surface area (Å²) in [5.41, 5.74) is 5.92. The van der Waals surface area contributed by atoms with E-state index in [1.807, 2.05) is 13.8 Å². The average Bonchev–Trinajstić information content (AvgIpc) is 3.14. The number of nitrogens with one attached hydrogen (secondary N) is 1. The molecule has 4 rings (SSSR count). The van der Waals surface area contributed by atoms with Gasteiger partial charge in [-0.05, 0) is 105 Å². The number of fused-ring (bicyclic) bond motifs is 5. The number of halogens is 1. The van der Waals surface area contributed by atoms with Crippen molar-refractivity contribution in [3.05, 3.63) is 0 Å². The Hall–Kier alpha value is -1.14. The Bertz CT molecular complexity index is 819. The number of amides is 1. The van der Waals surface area contributed by atoms with Gasteiger partial charge >= 0.3 is 5.97 Å². The topological polar surface area (TPSA) is 98.5 Å². The Kier molecular flexibility index (Phi) is 8.68. The SMILES string of the molecule is CC(=O)[C@H]1CC[C@H]2[C@@H]3CC[C@H]4C[C@H](OC(=O)[C@@H](NC(=O)CN)C(C)C)CC[C@]4(C)[C@H]3CC[C@]12C.Cl. The molecule has 9 atom stereocenters. The zero-order valence-electron chi connectivity index (χ0n) is 22.3. The van der Waals surface area contributed by atoms with Crippen LogP contribution in [0.2, 0.25) is 0 Å². The van der Waals surface area contributed by atoms with E-state index < -0.39 is 6.04 Å². The maximum Gasteiger partial charge on any atom is 0.329 e. The van der Waals surface area contributed by atoms with Crippen molar-refractivity contribution in [1.29, 1.82) is 0 Å². The van der Waals surface area contributed by atoms with Crippen LogP contribution in [0, 0.1) is 46.3 Å². The molecule has 1 amide bonds. The minimum Gasteiger partial charge on any atom is -0.461 e. The van der Waals surface area contributed by atoms with Crippen molar-refractivity contribution in [3.8, 4) is 0 Å². The van der Waals surface area contributed by atoms with E-state index >= 15 is 0 Å². The van der Waals surface area contributed by atoms with Crippen LogP contribution in [0.1, 0.15) is 92.4 Å². The molecule has 4 saturated carbocycles. The van der Waals surface area contributed by atoms with Gasteiger partial charge in [0.1, 0.15) is 17.9 Å². The summed E-state index contributed by atoms with van der Waals surface area (Å²) in [6.45, 7) is 10.4. The molecule has 0 heterocycles. The fourth-order valence-corrected chi connectivity index (χ4v) is 8.96. The van der Waals surface area contributed by atoms with Crippen LogP contribution in [-0.2, 0) is 19.1 Å². The molecule has 0 bridgehead atoms. The van der Waals surface area contributed by atoms with Crippen LogP contribution < -0.4 is 11.1 Å². The van der Waals surface area contributed by atoms with Crippen molar-refractivity contribution in [2.45, 2.75) is 105 Å². The number of nitrogens with two attached hydrogens (primary N) is 1. The molecule has 4 fully saturated rings. The number of carbonyl (C=O) groups is 3. The molecule has 4 aliphatic carbocycles. The highest BCUT2D eigenvalue weighted by molar-refractivity contribution is 5.86. The van der Waals surface area contributed by atoms with E-state index in [2.05, 4.69) is 19.2 Å². The number of Topliss-reactive ketones (excluding diaryl/α,β-unsaturated/α-hetero) is 1. The van der Waals surface area contributed by atoms with E-state index in [4.69, 9.17) is 10.5 Å². The van der Waals surface area contributed by atoms with Crippen molar-refractivity contribution in [1.82, 2.24) is 5.32 Å². The first-order valence-electron chi connectivity index (χ1n) is 13.7. The second-order valence-corrected chi connectivity index (χ2v) is 12.8. The van der Waals surface area contributed by atoms with E-state index in [1.165, 1.54) is 32.1 Å². The van der Waals surface area contributed by atoms with E-state index in [0.29, 0.717) is 23.0 Å². The molecule has 0 radical (unpaired) electrons. The highest BCUT2D eigenvalue weighted by Crippen LogP contribution is 2.67. The molecule has 3 N–H and O–H groups in total. The van der Waals surface area contributed by atoms with Gasteiger partial charge in [-0.1, -0.05) is 27.7 Å². The second kappa shape index (κ2) is 10.7. The van der Waals surface area contributed by atoms with Crippen LogP contribution in [0.15, 0.2) is 0 Å². The number of carbonyl (C=O) groups excluding carboxylic acids is 3. The molecule has 0 aromatic heterocycles. The van der Waals surface area contributed by atoms with Gasteiger partial charge in [-0.3, -0.25) is 9.59 Å². The van der Waals surface area contributed by atoms with Gasteiger partial charge in [0.05, 0.1) is 6.54 Å². The lowest BCUT2D eigenvalue weighted by Gasteiger charge is -2.61. The fourth-order valence-electron chi connectivity index (χ4n) is 8.96. The molecule has 0 aromatic rings. The summed E-state index contributed by atoms with van der Waals surface area (Å²) < 4.78 is 5.98. The summed E-state index contributed by atoms with van der Waals surface area (Å²) in [7, 11) is 0. The summed E-state index contributed by atoms with van der Waals surface area (Å²) in [6.07, 6.45) is 10.0. The monoisotopic (exact) mass is 510 g/mol. The molecule has 0 aliphatic heterocycles. The molecular formula is C28H47ClN2O4. The number of esters is 1. The van der Waals surface area contributed by atoms with Crippen LogP contribution in [-0.4, -0.2) is 36.4 Å². The first-order chi connectivity index (χ1) is 16.0. The molecule has 200 valence electrons. The summed E-state index contributed by atoms with van der Waals surface area (Å²) in [5, 5.41) is 2.73. The Morgan fingerprint density at radius 1 is 0.971 bits per heavy atom. The van der Waals surface area contributed by atoms with Crippen molar-refractivity contribution >= 4 is 30.1 Å². The average molecular weight is 511 g/mol. The van der Waals surface area contributed by atoms with E-state index in [1.54, 1.807) is 6.92 Å². The predicted molar refractivity (Wildman–Crippen MR) is 139 cm³/mol. The van der Waals surface area contributed by atoms with Crippen LogP contribution in [0.25, 0.3) is 0 Å². The van der Waals surface area contributed by atoms with Crippen molar-refractivity contribution in [2.75, 3.05) is 6.54 Å². The number of rotatable bonds is 6. The minimum absolute atomic E-state index is 0. The third-order valence-corrected chi connectivity index (χ3v) is 10.8. The molecule has 0 spiro atoms. The van der Waals surface area contributed by atoms with Crippen LogP contribution in [0.3, 0.4) is 0 Å². The van der Waals surface area contributed by atoms with Crippen LogP contribution in [0.4, 0.5) is 0 Å². The summed E-state index contributed by atoms with van der Waals surface area (Å²) in [5.74, 6) is 2.67. The molecule has 7 heteroatoms. The quantitative estimate of drug-likeness (QED) is 0.506. The molecular weight excluding hydrogens is 464 g/mol. The van der Waals surface area contributed by atoms with E-state index in [9.17, 15) is 14.4 Å². The highest BCUT2D eigenvalue weighted by atomic mass is 35.5. The lowest BCUT2D eigenvalue weighted by Crippen LogP contribution is -2.55. The molecule has 4 aliphatic rings. The van der Waals surface area contributed by atoms with Crippen LogP contribution in [0.5, 0.6) is 0 Å². The van der Waals surface area contributed by atoms with Gasteiger partial charge < -0.3 is 15.8 Å². The summed E-state index contributed by atoms with van der Waals surface area (Å²) in [6, 6.07) is -0.646. The van der Waals surface area contributed by atoms with E-state index in [-0.39, 0.29) is 54.2 Å². The van der Waals surface area contributed by atoms with Crippen LogP contribution >= 0.6 is 12.4 Å². The van der Waals surface area contributed by atoms with E-state index in [0.717, 1.165) is 37.5 Å². The van der Waals surface area contributed by atoms with Gasteiger partial charge in [0.2, 0.25) is 5.91 Å². The largest absolute Gasteiger partial charge is 0.461 e. The van der Waals surface area contributed by atoms with Gasteiger partial charge in [-0.2, -0.15) is 0 Å². The summed E-state index contributed by atoms with van der Waals surface area (Å²) in [4.78, 5) is 37.1. The zero-order valence-corrected chi connectivity index (χ0v) is 23.1. The predicted octanol–water partition coefficient (Wildman–Crippen LogP) is 4.67. The highest BCUT2D eigenvalue weighted by Gasteiger charge is 2.61. The van der Waals surface area contributed by atoms with Gasteiger partial charge in [0.15, 0.2) is 0 Å². The number of ether oxygens (including phenoxy) is 1. The Labute approximate surface area is 217 Å². The Balaban J connectivity index is 0.00000342. The molecule has 0 saturated heterocycles. The third kappa shape index (κ3) is 5.03. The molecule has 0 unspecified atom stereocenters. The Morgan fingerprint density at radius 2 is 1.63 bits per heavy atom. The minimum atomic E-state index is -0.646. The lowest BCUT2D eigenvalue weighted by molar-refractivity contribution is -0.166. The molecule has 0 aromatic carbocycles. The van der Waals surface area contributed by atoms with Gasteiger partial charge in [0, 0.05) is 5.92 Å². The maximum atomic E-state index is 12.9. The maximum absolute atomic E-state index is 12.9. The van der Waals surface area contributed by atoms with Gasteiger partial charge in [0.25, 0.3) is 0 Å². The smallest absolute Gasteiger partial charge is 0.329 e. The standard InChI is InChI=1S/C28H46N2O4.ClH/c1-16(2)25(30-24(32)15-29)26(33)34-19-10-12-27(4)18(14-19)6-7-20-22-9-8-21(17(3)31)28(22,5)13-11-23(20)27;/h16,18-23,25H,6-15,29H2,1-5H3,(H,30,32);1H/t18-,19+,20-,21+,22-,23-,25-,27-,28+;/m0./s1. The number of hydrogen-bond acceptors (Lipinski definition) is 5. The number of ketones is 1. The number of hydrogen-bond donors (Lipinski definition) is 2. The fraction of sp³-hybridized carbons (Fsp3) is 0.893. The van der Waals surface area contributed by atoms with Gasteiger partial charge in [-0.15, -0.1) is 12.4 Å². The summed E-state index contributed by atoms with van der Waals surface area (Å²) >= 11 is 0. The van der Waals surface area contributed by atoms with Crippen molar-refractivity contribution < 1.29 is 19.1 Å². The lowest BCUT2D eigenvalue weighted by atomic mass is 9.44. The van der Waals surface area contributed by atoms with Crippen molar-refractivity contribution in [3.63, 3.8) is 0 Å². The van der Waals surface area contributed by atoms with Crippen molar-refractivity contribution in [2.24, 2.45) is 52.1 Å².